The number of nitrogens with one attached hydrogen (secondary N) is 1. The van der Waals surface area contributed by atoms with E-state index in [4.69, 9.17) is 4.52 Å². The first-order chi connectivity index (χ1) is 13.4. The number of phenolic OH excluding ortho intramolecular Hbond substituents is 1. The molecule has 0 saturated carbocycles. The van der Waals surface area contributed by atoms with Crippen molar-refractivity contribution in [3.05, 3.63) is 54.0 Å². The van der Waals surface area contributed by atoms with Crippen LogP contribution in [0.3, 0.4) is 0 Å². The number of halogens is 1. The van der Waals surface area contributed by atoms with Crippen LogP contribution in [0, 0.1) is 0 Å². The van der Waals surface area contributed by atoms with Gasteiger partial charge in [-0.3, -0.25) is 4.79 Å². The molecule has 2 aromatic heterocycles. The third kappa shape index (κ3) is 5.77. The molecule has 0 aliphatic heterocycles. The molecule has 3 rings (SSSR count). The summed E-state index contributed by atoms with van der Waals surface area (Å²) in [5, 5.41) is 26.5. The van der Waals surface area contributed by atoms with Gasteiger partial charge in [0, 0.05) is 42.6 Å². The van der Waals surface area contributed by atoms with Gasteiger partial charge in [0.25, 0.3) is 5.91 Å². The van der Waals surface area contributed by atoms with E-state index in [-0.39, 0.29) is 80.6 Å². The Morgan fingerprint density at radius 3 is 2.62 bits per heavy atom. The summed E-state index contributed by atoms with van der Waals surface area (Å²) in [6.45, 7) is 2.27. The van der Waals surface area contributed by atoms with Crippen molar-refractivity contribution >= 4 is 17.6 Å². The molecule has 0 aliphatic rings. The Morgan fingerprint density at radius 2 is 2.00 bits per heavy atom. The molecule has 1 unspecified atom stereocenters. The smallest absolute Gasteiger partial charge is 0.545 e. The van der Waals surface area contributed by atoms with Gasteiger partial charge in [-0.15, -0.1) is 0 Å². The molecule has 8 nitrogen and oxygen atoms in total. The molecule has 0 aliphatic carbocycles. The molecule has 3 aromatic rings. The third-order valence-corrected chi connectivity index (χ3v) is 4.11. The SMILES string of the molecule is CCn1cc(NC(=O)C(F)Cc2cc(-c3ccc(O)cc3)no2)c(C(=O)[O-])c1.[K+]. The van der Waals surface area contributed by atoms with Gasteiger partial charge in [0.2, 0.25) is 0 Å². The fourth-order valence-electron chi connectivity index (χ4n) is 2.61. The third-order valence-electron chi connectivity index (χ3n) is 4.11. The number of aromatic hydroxyl groups is 1. The monoisotopic (exact) mass is 425 g/mol. The number of hydrogen-bond acceptors (Lipinski definition) is 6. The molecule has 1 aromatic carbocycles. The van der Waals surface area contributed by atoms with Crippen LogP contribution in [0.15, 0.2) is 47.2 Å². The summed E-state index contributed by atoms with van der Waals surface area (Å²) in [5.74, 6) is -2.22. The van der Waals surface area contributed by atoms with E-state index in [9.17, 15) is 24.2 Å². The summed E-state index contributed by atoms with van der Waals surface area (Å²) < 4.78 is 21.0. The zero-order valence-electron chi connectivity index (χ0n) is 15.9. The second kappa shape index (κ2) is 10.2. The maximum Gasteiger partial charge on any atom is 1.00 e. The molecule has 2 heterocycles. The minimum absolute atomic E-state index is 0. The summed E-state index contributed by atoms with van der Waals surface area (Å²) in [5.41, 5.74) is 0.836. The standard InChI is InChI=1S/C19H18FN3O5.K/c1-2-23-9-14(19(26)27)17(10-23)21-18(25)15(20)7-13-8-16(22-28-13)11-3-5-12(24)6-4-11;/h3-6,8-10,15,24H,2,7H2,1H3,(H,21,25)(H,26,27);/q;+1/p-1. The van der Waals surface area contributed by atoms with E-state index < -0.39 is 18.0 Å². The average molecular weight is 425 g/mol. The van der Waals surface area contributed by atoms with Gasteiger partial charge < -0.3 is 29.4 Å². The van der Waals surface area contributed by atoms with Crippen LogP contribution in [-0.4, -0.2) is 32.9 Å². The predicted octanol–water partition coefficient (Wildman–Crippen LogP) is -1.24. The molecule has 1 atom stereocenters. The second-order valence-electron chi connectivity index (χ2n) is 6.09. The predicted molar refractivity (Wildman–Crippen MR) is 95.3 cm³/mol. The molecule has 10 heteroatoms. The number of aryl methyl sites for hydroxylation is 1. The van der Waals surface area contributed by atoms with E-state index in [0.29, 0.717) is 17.8 Å². The number of carbonyl (C=O) groups excluding carboxylic acids is 2. The molecule has 0 saturated heterocycles. The minimum atomic E-state index is -1.97. The van der Waals surface area contributed by atoms with Crippen LogP contribution < -0.4 is 61.8 Å². The van der Waals surface area contributed by atoms with Crippen molar-refractivity contribution in [2.75, 3.05) is 5.32 Å². The van der Waals surface area contributed by atoms with Crippen molar-refractivity contribution in [3.8, 4) is 17.0 Å². The van der Waals surface area contributed by atoms with E-state index in [1.54, 1.807) is 19.1 Å². The van der Waals surface area contributed by atoms with Gasteiger partial charge in [-0.2, -0.15) is 0 Å². The number of aromatic carboxylic acids is 1. The fourth-order valence-corrected chi connectivity index (χ4v) is 2.61. The van der Waals surface area contributed by atoms with Gasteiger partial charge in [-0.25, -0.2) is 4.39 Å². The Bertz CT molecular complexity index is 1000. The number of nitrogens with zero attached hydrogens (tertiary/aromatic N) is 2. The van der Waals surface area contributed by atoms with E-state index in [0.717, 1.165) is 0 Å². The maximum atomic E-state index is 14.4. The molecular weight excluding hydrogens is 408 g/mol. The van der Waals surface area contributed by atoms with Gasteiger partial charge >= 0.3 is 51.4 Å². The van der Waals surface area contributed by atoms with Gasteiger partial charge in [0.1, 0.15) is 17.2 Å². The number of phenols is 1. The maximum absolute atomic E-state index is 14.4. The van der Waals surface area contributed by atoms with Crippen molar-refractivity contribution in [2.24, 2.45) is 0 Å². The number of carboxylic acids is 1. The minimum Gasteiger partial charge on any atom is -0.545 e. The van der Waals surface area contributed by atoms with Gasteiger partial charge in [0.05, 0.1) is 11.7 Å². The fraction of sp³-hybridized carbons (Fsp3) is 0.211. The molecule has 2 N–H and O–H groups in total. The normalized spacial score (nSPS) is 11.5. The van der Waals surface area contributed by atoms with Crippen molar-refractivity contribution in [1.82, 2.24) is 9.72 Å². The largest absolute Gasteiger partial charge is 1.00 e. The van der Waals surface area contributed by atoms with E-state index in [1.807, 2.05) is 0 Å². The molecule has 146 valence electrons. The van der Waals surface area contributed by atoms with Crippen LogP contribution in [-0.2, 0) is 17.8 Å². The summed E-state index contributed by atoms with van der Waals surface area (Å²) >= 11 is 0. The second-order valence-corrected chi connectivity index (χ2v) is 6.09. The van der Waals surface area contributed by atoms with Crippen LogP contribution in [0.25, 0.3) is 11.3 Å². The van der Waals surface area contributed by atoms with E-state index >= 15 is 0 Å². The first kappa shape index (κ1) is 23.3. The van der Waals surface area contributed by atoms with Crippen LogP contribution in [0.5, 0.6) is 5.75 Å². The number of carboxylic acid groups (broad SMARTS) is 1. The van der Waals surface area contributed by atoms with Crippen LogP contribution in [0.1, 0.15) is 23.0 Å². The molecular formula is C19H17FKN3O5. The quantitative estimate of drug-likeness (QED) is 0.457. The van der Waals surface area contributed by atoms with Gasteiger partial charge in [-0.1, -0.05) is 5.16 Å². The Morgan fingerprint density at radius 1 is 1.31 bits per heavy atom. The van der Waals surface area contributed by atoms with Crippen molar-refractivity contribution in [3.63, 3.8) is 0 Å². The van der Waals surface area contributed by atoms with Crippen LogP contribution >= 0.6 is 0 Å². The average Bonchev–Trinajstić information content (AvgIpc) is 3.29. The number of anilines is 1. The van der Waals surface area contributed by atoms with Crippen LogP contribution in [0.2, 0.25) is 0 Å². The zero-order valence-corrected chi connectivity index (χ0v) is 19.0. The van der Waals surface area contributed by atoms with Crippen molar-refractivity contribution < 1.29 is 80.1 Å². The molecule has 1 amide bonds. The summed E-state index contributed by atoms with van der Waals surface area (Å²) in [6.07, 6.45) is 0.359. The molecule has 0 fully saturated rings. The van der Waals surface area contributed by atoms with Gasteiger partial charge in [-0.05, 0) is 31.2 Å². The molecule has 0 bridgehead atoms. The topological polar surface area (TPSA) is 120 Å². The summed E-state index contributed by atoms with van der Waals surface area (Å²) in [7, 11) is 0. The first-order valence-electron chi connectivity index (χ1n) is 8.48. The molecule has 29 heavy (non-hydrogen) atoms. The number of benzene rings is 1. The van der Waals surface area contributed by atoms with Crippen molar-refractivity contribution in [2.45, 2.75) is 26.1 Å². The Labute approximate surface area is 208 Å². The zero-order chi connectivity index (χ0) is 20.3. The number of hydrogen-bond donors (Lipinski definition) is 2. The first-order valence-corrected chi connectivity index (χ1v) is 8.48. The van der Waals surface area contributed by atoms with E-state index in [1.165, 1.54) is 35.2 Å². The van der Waals surface area contributed by atoms with Crippen molar-refractivity contribution in [1.29, 1.82) is 0 Å². The van der Waals surface area contributed by atoms with Gasteiger partial charge in [0.15, 0.2) is 6.17 Å². The number of alkyl halides is 1. The number of rotatable bonds is 7. The Kier molecular flexibility index (Phi) is 8.17. The summed E-state index contributed by atoms with van der Waals surface area (Å²) in [4.78, 5) is 23.2. The van der Waals surface area contributed by atoms with Crippen LogP contribution in [0.4, 0.5) is 10.1 Å². The number of aromatic nitrogens is 2. The Balaban J connectivity index is 0.00000300. The molecule has 0 spiro atoms. The number of carbonyl (C=O) groups is 2. The Hall–Kier alpha value is -1.98. The molecule has 0 radical (unpaired) electrons. The van der Waals surface area contributed by atoms with E-state index in [2.05, 4.69) is 10.5 Å². The number of amides is 1. The summed E-state index contributed by atoms with van der Waals surface area (Å²) in [6, 6.07) is 7.69.